The Bertz CT molecular complexity index is 530. The molecule has 1 fully saturated rings. The Labute approximate surface area is 125 Å². The molecule has 3 nitrogen and oxygen atoms in total. The van der Waals surface area contributed by atoms with Crippen LogP contribution in [-0.4, -0.2) is 12.9 Å². The monoisotopic (exact) mass is 284 g/mol. The van der Waals surface area contributed by atoms with Crippen LogP contribution in [0.1, 0.15) is 24.8 Å². The van der Waals surface area contributed by atoms with E-state index in [1.807, 2.05) is 54.6 Å². The molecule has 0 aromatic heterocycles. The summed E-state index contributed by atoms with van der Waals surface area (Å²) in [6.45, 7) is 1.39. The van der Waals surface area contributed by atoms with E-state index in [4.69, 9.17) is 14.2 Å². The zero-order valence-electron chi connectivity index (χ0n) is 12.0. The Kier molecular flexibility index (Phi) is 4.87. The summed E-state index contributed by atoms with van der Waals surface area (Å²) >= 11 is 0. The first-order valence-electron chi connectivity index (χ1n) is 7.45. The average molecular weight is 284 g/mol. The molecule has 1 heterocycles. The second-order valence-electron chi connectivity index (χ2n) is 5.17. The molecule has 1 atom stereocenters. The fraction of sp³-hybridized carbons (Fsp3) is 0.333. The molecule has 2 aromatic carbocycles. The minimum Gasteiger partial charge on any atom is -0.457 e. The van der Waals surface area contributed by atoms with Crippen LogP contribution in [-0.2, 0) is 16.1 Å². The standard InChI is InChI=1S/C18H20O3/c1-2-6-16(7-3-1)21-17-11-9-15(10-12-17)14-20-18-8-4-5-13-19-18/h1-3,6-7,9-12,18H,4-5,8,13-14H2/t18-/m1/s1. The van der Waals surface area contributed by atoms with Crippen molar-refractivity contribution in [2.45, 2.75) is 32.2 Å². The predicted molar refractivity (Wildman–Crippen MR) is 81.3 cm³/mol. The molecule has 1 aliphatic heterocycles. The number of rotatable bonds is 5. The van der Waals surface area contributed by atoms with Crippen molar-refractivity contribution < 1.29 is 14.2 Å². The molecule has 0 aliphatic carbocycles. The lowest BCUT2D eigenvalue weighted by atomic mass is 10.2. The van der Waals surface area contributed by atoms with Gasteiger partial charge in [-0.3, -0.25) is 0 Å². The molecule has 0 spiro atoms. The lowest BCUT2D eigenvalue weighted by molar-refractivity contribution is -0.168. The normalized spacial score (nSPS) is 18.4. The quantitative estimate of drug-likeness (QED) is 0.807. The summed E-state index contributed by atoms with van der Waals surface area (Å²) in [7, 11) is 0. The molecule has 1 saturated heterocycles. The van der Waals surface area contributed by atoms with E-state index in [1.54, 1.807) is 0 Å². The maximum atomic E-state index is 5.76. The molecule has 0 unspecified atom stereocenters. The second-order valence-corrected chi connectivity index (χ2v) is 5.17. The van der Waals surface area contributed by atoms with Gasteiger partial charge in [-0.25, -0.2) is 0 Å². The van der Waals surface area contributed by atoms with Gasteiger partial charge in [-0.05, 0) is 49.1 Å². The van der Waals surface area contributed by atoms with Crippen molar-refractivity contribution in [3.05, 3.63) is 60.2 Å². The zero-order chi connectivity index (χ0) is 14.3. The van der Waals surface area contributed by atoms with Gasteiger partial charge in [0.05, 0.1) is 6.61 Å². The number of hydrogen-bond acceptors (Lipinski definition) is 3. The summed E-state index contributed by atoms with van der Waals surface area (Å²) in [6, 6.07) is 17.8. The predicted octanol–water partition coefficient (Wildman–Crippen LogP) is 4.52. The molecular weight excluding hydrogens is 264 g/mol. The third-order valence-electron chi connectivity index (χ3n) is 3.48. The number of benzene rings is 2. The fourth-order valence-electron chi connectivity index (χ4n) is 2.31. The number of para-hydroxylation sites is 1. The summed E-state index contributed by atoms with van der Waals surface area (Å²) in [6.07, 6.45) is 3.29. The fourth-order valence-corrected chi connectivity index (χ4v) is 2.31. The molecule has 0 bridgehead atoms. The van der Waals surface area contributed by atoms with E-state index in [1.165, 1.54) is 6.42 Å². The van der Waals surface area contributed by atoms with Gasteiger partial charge in [0.1, 0.15) is 11.5 Å². The van der Waals surface area contributed by atoms with Gasteiger partial charge in [0.25, 0.3) is 0 Å². The summed E-state index contributed by atoms with van der Waals surface area (Å²) < 4.78 is 17.1. The molecule has 3 rings (SSSR count). The Hall–Kier alpha value is -1.84. The highest BCUT2D eigenvalue weighted by Crippen LogP contribution is 2.22. The maximum Gasteiger partial charge on any atom is 0.158 e. The summed E-state index contributed by atoms with van der Waals surface area (Å²) in [5.74, 6) is 1.68. The van der Waals surface area contributed by atoms with E-state index in [0.717, 1.165) is 36.5 Å². The summed E-state index contributed by atoms with van der Waals surface area (Å²) in [4.78, 5) is 0. The van der Waals surface area contributed by atoms with E-state index in [2.05, 4.69) is 0 Å². The molecule has 2 aromatic rings. The second kappa shape index (κ2) is 7.25. The van der Waals surface area contributed by atoms with Gasteiger partial charge in [-0.2, -0.15) is 0 Å². The van der Waals surface area contributed by atoms with Gasteiger partial charge in [0, 0.05) is 6.61 Å². The van der Waals surface area contributed by atoms with Crippen molar-refractivity contribution >= 4 is 0 Å². The highest BCUT2D eigenvalue weighted by molar-refractivity contribution is 5.32. The van der Waals surface area contributed by atoms with Gasteiger partial charge in [-0.15, -0.1) is 0 Å². The minimum atomic E-state index is -0.0426. The van der Waals surface area contributed by atoms with Crippen molar-refractivity contribution in [1.29, 1.82) is 0 Å². The van der Waals surface area contributed by atoms with E-state index >= 15 is 0 Å². The molecule has 0 amide bonds. The third-order valence-corrected chi connectivity index (χ3v) is 3.48. The van der Waals surface area contributed by atoms with Gasteiger partial charge >= 0.3 is 0 Å². The van der Waals surface area contributed by atoms with Crippen LogP contribution in [0.4, 0.5) is 0 Å². The van der Waals surface area contributed by atoms with E-state index in [0.29, 0.717) is 6.61 Å². The molecule has 1 aliphatic rings. The third kappa shape index (κ3) is 4.31. The smallest absolute Gasteiger partial charge is 0.158 e. The van der Waals surface area contributed by atoms with Crippen molar-refractivity contribution in [2.24, 2.45) is 0 Å². The van der Waals surface area contributed by atoms with Crippen LogP contribution in [0.2, 0.25) is 0 Å². The average Bonchev–Trinajstić information content (AvgIpc) is 2.56. The SMILES string of the molecule is c1ccc(Oc2ccc(CO[C@@H]3CCCCO3)cc2)cc1. The first-order valence-corrected chi connectivity index (χ1v) is 7.45. The van der Waals surface area contributed by atoms with Crippen molar-refractivity contribution in [2.75, 3.05) is 6.61 Å². The van der Waals surface area contributed by atoms with E-state index in [9.17, 15) is 0 Å². The van der Waals surface area contributed by atoms with Crippen molar-refractivity contribution in [3.63, 3.8) is 0 Å². The van der Waals surface area contributed by atoms with Crippen molar-refractivity contribution in [3.8, 4) is 11.5 Å². The largest absolute Gasteiger partial charge is 0.457 e. The van der Waals surface area contributed by atoms with Crippen molar-refractivity contribution in [1.82, 2.24) is 0 Å². The van der Waals surface area contributed by atoms with Gasteiger partial charge in [-0.1, -0.05) is 30.3 Å². The maximum absolute atomic E-state index is 5.76. The van der Waals surface area contributed by atoms with Crippen LogP contribution in [0.3, 0.4) is 0 Å². The summed E-state index contributed by atoms with van der Waals surface area (Å²) in [5.41, 5.74) is 1.13. The van der Waals surface area contributed by atoms with E-state index in [-0.39, 0.29) is 6.29 Å². The topological polar surface area (TPSA) is 27.7 Å². The molecule has 0 radical (unpaired) electrons. The zero-order valence-corrected chi connectivity index (χ0v) is 12.0. The molecule has 0 N–H and O–H groups in total. The lowest BCUT2D eigenvalue weighted by Crippen LogP contribution is -2.21. The molecule has 0 saturated carbocycles. The van der Waals surface area contributed by atoms with E-state index < -0.39 is 0 Å². The highest BCUT2D eigenvalue weighted by Gasteiger charge is 2.13. The van der Waals surface area contributed by atoms with Gasteiger partial charge < -0.3 is 14.2 Å². The van der Waals surface area contributed by atoms with Gasteiger partial charge in [0.15, 0.2) is 6.29 Å². The summed E-state index contributed by atoms with van der Waals surface area (Å²) in [5, 5.41) is 0. The highest BCUT2D eigenvalue weighted by atomic mass is 16.7. The Morgan fingerprint density at radius 2 is 1.67 bits per heavy atom. The number of hydrogen-bond donors (Lipinski definition) is 0. The first-order chi connectivity index (χ1) is 10.4. The van der Waals surface area contributed by atoms with Crippen LogP contribution < -0.4 is 4.74 Å². The van der Waals surface area contributed by atoms with Crippen LogP contribution in [0, 0.1) is 0 Å². The van der Waals surface area contributed by atoms with Crippen LogP contribution >= 0.6 is 0 Å². The molecule has 21 heavy (non-hydrogen) atoms. The van der Waals surface area contributed by atoms with Gasteiger partial charge in [0.2, 0.25) is 0 Å². The molecular formula is C18H20O3. The van der Waals surface area contributed by atoms with Crippen LogP contribution in [0.25, 0.3) is 0 Å². The van der Waals surface area contributed by atoms with Crippen LogP contribution in [0.15, 0.2) is 54.6 Å². The Morgan fingerprint density at radius 3 is 2.38 bits per heavy atom. The van der Waals surface area contributed by atoms with Crippen LogP contribution in [0.5, 0.6) is 11.5 Å². The molecule has 110 valence electrons. The first kappa shape index (κ1) is 14.1. The Balaban J connectivity index is 1.51. The Morgan fingerprint density at radius 1 is 0.905 bits per heavy atom. The minimum absolute atomic E-state index is 0.0426. The molecule has 3 heteroatoms. The number of ether oxygens (including phenoxy) is 3. The lowest BCUT2D eigenvalue weighted by Gasteiger charge is -2.22.